The number of aromatic nitrogens is 1. The third-order valence-electron chi connectivity index (χ3n) is 10.4. The highest BCUT2D eigenvalue weighted by Gasteiger charge is 2.34. The van der Waals surface area contributed by atoms with Gasteiger partial charge in [0.1, 0.15) is 34.6 Å². The summed E-state index contributed by atoms with van der Waals surface area (Å²) in [4.78, 5) is 6.95. The first-order valence-corrected chi connectivity index (χ1v) is 17.2. The molecule has 5 heteroatoms. The number of nitrogens with one attached hydrogen (secondary N) is 1. The quantitative estimate of drug-likeness (QED) is 0.191. The van der Waals surface area contributed by atoms with Crippen LogP contribution in [0, 0.1) is 0 Å². The average Bonchev–Trinajstić information content (AvgIpc) is 3.77. The molecule has 0 saturated heterocycles. The SMILES string of the molecule is C1=C2Oc3ccccc3C2NC(N(c2ccc(-c3cc4c5ccccc5ccc4c4ccccc34)cc2)c2cncc3c2oc2ccccc23)=C1. The number of anilines is 2. The molecule has 2 aliphatic rings. The van der Waals surface area contributed by atoms with Crippen molar-refractivity contribution >= 4 is 65.6 Å². The van der Waals surface area contributed by atoms with Gasteiger partial charge in [0.15, 0.2) is 5.58 Å². The molecule has 0 bridgehead atoms. The molecular weight excluding hydrogens is 627 g/mol. The molecule has 5 nitrogen and oxygen atoms in total. The van der Waals surface area contributed by atoms with E-state index in [0.717, 1.165) is 61.8 Å². The van der Waals surface area contributed by atoms with Crippen LogP contribution in [0.25, 0.3) is 65.4 Å². The summed E-state index contributed by atoms with van der Waals surface area (Å²) < 4.78 is 12.8. The highest BCUT2D eigenvalue weighted by atomic mass is 16.5. The van der Waals surface area contributed by atoms with E-state index >= 15 is 0 Å². The summed E-state index contributed by atoms with van der Waals surface area (Å²) in [6.45, 7) is 0. The molecular formula is C46H29N3O2. The van der Waals surface area contributed by atoms with Gasteiger partial charge >= 0.3 is 0 Å². The van der Waals surface area contributed by atoms with Crippen LogP contribution in [0.5, 0.6) is 5.75 Å². The average molecular weight is 656 g/mol. The Morgan fingerprint density at radius 1 is 0.588 bits per heavy atom. The van der Waals surface area contributed by atoms with E-state index in [1.54, 1.807) is 0 Å². The Morgan fingerprint density at radius 2 is 1.33 bits per heavy atom. The Morgan fingerprint density at radius 3 is 2.24 bits per heavy atom. The largest absolute Gasteiger partial charge is 0.459 e. The molecule has 1 unspecified atom stereocenters. The fourth-order valence-electron chi connectivity index (χ4n) is 8.01. The minimum absolute atomic E-state index is 0.107. The van der Waals surface area contributed by atoms with Crippen LogP contribution in [0.1, 0.15) is 11.6 Å². The van der Waals surface area contributed by atoms with Gasteiger partial charge in [-0.2, -0.15) is 0 Å². The number of hydrogen-bond acceptors (Lipinski definition) is 5. The number of benzene rings is 7. The van der Waals surface area contributed by atoms with E-state index < -0.39 is 0 Å². The van der Waals surface area contributed by atoms with E-state index in [2.05, 4.69) is 132 Å². The van der Waals surface area contributed by atoms with E-state index in [1.807, 2.05) is 42.7 Å². The molecule has 51 heavy (non-hydrogen) atoms. The molecule has 11 rings (SSSR count). The predicted molar refractivity (Wildman–Crippen MR) is 207 cm³/mol. The van der Waals surface area contributed by atoms with Gasteiger partial charge in [-0.15, -0.1) is 0 Å². The van der Waals surface area contributed by atoms with Gasteiger partial charge in [0.2, 0.25) is 0 Å². The maximum Gasteiger partial charge on any atom is 0.162 e. The number of ether oxygens (including phenoxy) is 1. The lowest BCUT2D eigenvalue weighted by atomic mass is 9.91. The summed E-state index contributed by atoms with van der Waals surface area (Å²) in [7, 11) is 0. The minimum Gasteiger partial charge on any atom is -0.459 e. The molecule has 1 N–H and O–H groups in total. The normalized spacial score (nSPS) is 15.0. The summed E-state index contributed by atoms with van der Waals surface area (Å²) in [5, 5.41) is 13.3. The van der Waals surface area contributed by atoms with E-state index in [9.17, 15) is 0 Å². The standard InChI is InChI=1S/C46H29N3O2/c1-2-10-31-28(9-1)19-22-34-32-11-3-4-12-33(32)37(25-38(31)34)29-17-20-30(21-18-29)49(40-27-47-26-39-35-13-5-7-15-41(35)51-46(39)40)44-24-23-43-45(48-44)36-14-6-8-16-42(36)50-43/h1-27,45,48H. The second-order valence-electron chi connectivity index (χ2n) is 13.2. The van der Waals surface area contributed by atoms with Gasteiger partial charge in [-0.25, -0.2) is 0 Å². The van der Waals surface area contributed by atoms with Gasteiger partial charge in [-0.05, 0) is 85.9 Å². The molecule has 0 amide bonds. The number of dihydropyridines is 1. The zero-order valence-electron chi connectivity index (χ0n) is 27.4. The topological polar surface area (TPSA) is 50.5 Å². The highest BCUT2D eigenvalue weighted by molar-refractivity contribution is 6.21. The maximum absolute atomic E-state index is 6.56. The Hall–Kier alpha value is -6.85. The van der Waals surface area contributed by atoms with Gasteiger partial charge in [0.05, 0.1) is 6.20 Å². The number of furan rings is 1. The first kappa shape index (κ1) is 28.0. The van der Waals surface area contributed by atoms with Gasteiger partial charge in [-0.1, -0.05) is 109 Å². The first-order chi connectivity index (χ1) is 25.3. The lowest BCUT2D eigenvalue weighted by Crippen LogP contribution is -2.33. The number of pyridine rings is 1. The summed E-state index contributed by atoms with van der Waals surface area (Å²) in [5.41, 5.74) is 6.91. The summed E-state index contributed by atoms with van der Waals surface area (Å²) in [5.74, 6) is 2.66. The molecule has 0 spiro atoms. The molecule has 4 heterocycles. The fraction of sp³-hybridized carbons (Fsp3) is 0.0217. The van der Waals surface area contributed by atoms with E-state index in [4.69, 9.17) is 14.1 Å². The smallest absolute Gasteiger partial charge is 0.162 e. The molecule has 0 aliphatic carbocycles. The van der Waals surface area contributed by atoms with Gasteiger partial charge in [0.25, 0.3) is 0 Å². The number of rotatable bonds is 4. The van der Waals surface area contributed by atoms with E-state index in [0.29, 0.717) is 0 Å². The predicted octanol–water partition coefficient (Wildman–Crippen LogP) is 11.7. The Bertz CT molecular complexity index is 2940. The van der Waals surface area contributed by atoms with Crippen molar-refractivity contribution in [3.63, 3.8) is 0 Å². The highest BCUT2D eigenvalue weighted by Crippen LogP contribution is 2.45. The Kier molecular flexibility index (Phi) is 5.95. The van der Waals surface area contributed by atoms with Crippen molar-refractivity contribution in [3.8, 4) is 16.9 Å². The molecule has 2 aromatic heterocycles. The van der Waals surface area contributed by atoms with Crippen LogP contribution in [0.2, 0.25) is 0 Å². The van der Waals surface area contributed by atoms with E-state index in [1.165, 1.54) is 37.9 Å². The van der Waals surface area contributed by atoms with Crippen LogP contribution in [0.4, 0.5) is 11.4 Å². The van der Waals surface area contributed by atoms with Gasteiger partial charge in [0, 0.05) is 28.2 Å². The first-order valence-electron chi connectivity index (χ1n) is 17.2. The maximum atomic E-state index is 6.56. The number of allylic oxidation sites excluding steroid dienone is 2. The molecule has 240 valence electrons. The lowest BCUT2D eigenvalue weighted by molar-refractivity contribution is 0.411. The van der Waals surface area contributed by atoms with Crippen molar-refractivity contribution in [3.05, 3.63) is 181 Å². The van der Waals surface area contributed by atoms with Gasteiger partial charge in [-0.3, -0.25) is 9.88 Å². The van der Waals surface area contributed by atoms with Crippen molar-refractivity contribution in [1.29, 1.82) is 0 Å². The van der Waals surface area contributed by atoms with Crippen molar-refractivity contribution in [1.82, 2.24) is 10.3 Å². The second kappa shape index (κ2) is 10.8. The van der Waals surface area contributed by atoms with Crippen molar-refractivity contribution in [2.75, 3.05) is 4.90 Å². The minimum atomic E-state index is -0.107. The molecule has 1 atom stereocenters. The van der Waals surface area contributed by atoms with Gasteiger partial charge < -0.3 is 14.5 Å². The van der Waals surface area contributed by atoms with Crippen molar-refractivity contribution in [2.45, 2.75) is 6.04 Å². The van der Waals surface area contributed by atoms with Crippen LogP contribution >= 0.6 is 0 Å². The van der Waals surface area contributed by atoms with Crippen LogP contribution in [0.3, 0.4) is 0 Å². The molecule has 9 aromatic rings. The molecule has 0 saturated carbocycles. The lowest BCUT2D eigenvalue weighted by Gasteiger charge is -2.32. The second-order valence-corrected chi connectivity index (χ2v) is 13.2. The van der Waals surface area contributed by atoms with Crippen LogP contribution in [-0.2, 0) is 0 Å². The summed E-state index contributed by atoms with van der Waals surface area (Å²) in [6, 6.07) is 49.3. The number of fused-ring (bicyclic) bond motifs is 11. The van der Waals surface area contributed by atoms with Crippen LogP contribution in [0.15, 0.2) is 180 Å². The molecule has 7 aromatic carbocycles. The Labute approximate surface area is 293 Å². The van der Waals surface area contributed by atoms with E-state index in [-0.39, 0.29) is 6.04 Å². The molecule has 0 radical (unpaired) electrons. The molecule has 2 aliphatic heterocycles. The monoisotopic (exact) mass is 655 g/mol. The van der Waals surface area contributed by atoms with Crippen molar-refractivity contribution < 1.29 is 9.15 Å². The Balaban J connectivity index is 1.09. The third-order valence-corrected chi connectivity index (χ3v) is 10.4. The third kappa shape index (κ3) is 4.25. The van der Waals surface area contributed by atoms with Crippen LogP contribution in [-0.4, -0.2) is 4.98 Å². The summed E-state index contributed by atoms with van der Waals surface area (Å²) in [6.07, 6.45) is 7.92. The summed E-state index contributed by atoms with van der Waals surface area (Å²) >= 11 is 0. The van der Waals surface area contributed by atoms with Crippen molar-refractivity contribution in [2.24, 2.45) is 0 Å². The number of hydrogen-bond donors (Lipinski definition) is 1. The zero-order valence-corrected chi connectivity index (χ0v) is 27.4. The number of para-hydroxylation sites is 2. The number of nitrogens with zero attached hydrogens (tertiary/aromatic N) is 2. The van der Waals surface area contributed by atoms with Crippen LogP contribution < -0.4 is 15.0 Å². The molecule has 0 fully saturated rings. The zero-order chi connectivity index (χ0) is 33.5. The fourth-order valence-corrected chi connectivity index (χ4v) is 8.01.